The van der Waals surface area contributed by atoms with Gasteiger partial charge >= 0.3 is 0 Å². The summed E-state index contributed by atoms with van der Waals surface area (Å²) in [6.07, 6.45) is 0. The van der Waals surface area contributed by atoms with Gasteiger partial charge in [-0.15, -0.1) is 11.6 Å². The number of hydrogen-bond acceptors (Lipinski definition) is 3. The van der Waals surface area contributed by atoms with Crippen LogP contribution in [0, 0.1) is 6.92 Å². The van der Waals surface area contributed by atoms with Crippen LogP contribution < -0.4 is 5.32 Å². The molecular weight excluding hydrogens is 290 g/mol. The monoisotopic (exact) mass is 309 g/mol. The van der Waals surface area contributed by atoms with Gasteiger partial charge in [-0.3, -0.25) is 14.5 Å². The van der Waals surface area contributed by atoms with Crippen molar-refractivity contribution in [2.24, 2.45) is 0 Å². The molecule has 1 heterocycles. The van der Waals surface area contributed by atoms with Gasteiger partial charge in [0, 0.05) is 31.9 Å². The van der Waals surface area contributed by atoms with E-state index in [0.29, 0.717) is 32.7 Å². The third kappa shape index (κ3) is 4.72. The van der Waals surface area contributed by atoms with Crippen LogP contribution >= 0.6 is 11.6 Å². The fraction of sp³-hybridized carbons (Fsp3) is 0.467. The number of carbonyl (C=O) groups is 2. The SMILES string of the molecule is Cc1cccc(NC(=O)CN2CCN(C(=O)CCl)CC2)c1. The molecule has 0 saturated carbocycles. The molecule has 1 saturated heterocycles. The molecule has 0 aromatic heterocycles. The lowest BCUT2D eigenvalue weighted by atomic mass is 10.2. The molecule has 1 N–H and O–H groups in total. The van der Waals surface area contributed by atoms with Crippen molar-refractivity contribution in [1.82, 2.24) is 9.80 Å². The van der Waals surface area contributed by atoms with Gasteiger partial charge in [0.05, 0.1) is 6.54 Å². The van der Waals surface area contributed by atoms with E-state index in [0.717, 1.165) is 11.3 Å². The van der Waals surface area contributed by atoms with E-state index in [-0.39, 0.29) is 17.7 Å². The van der Waals surface area contributed by atoms with E-state index in [1.807, 2.05) is 36.1 Å². The minimum Gasteiger partial charge on any atom is -0.339 e. The summed E-state index contributed by atoms with van der Waals surface area (Å²) < 4.78 is 0. The summed E-state index contributed by atoms with van der Waals surface area (Å²) >= 11 is 5.54. The maximum absolute atomic E-state index is 12.0. The molecule has 2 amide bonds. The van der Waals surface area contributed by atoms with Crippen molar-refractivity contribution >= 4 is 29.1 Å². The number of alkyl halides is 1. The van der Waals surface area contributed by atoms with Gasteiger partial charge in [0.15, 0.2) is 0 Å². The molecule has 1 fully saturated rings. The van der Waals surface area contributed by atoms with Crippen molar-refractivity contribution in [3.8, 4) is 0 Å². The molecule has 6 heteroatoms. The molecule has 0 atom stereocenters. The normalized spacial score (nSPS) is 15.8. The molecule has 1 aliphatic rings. The van der Waals surface area contributed by atoms with Crippen LogP contribution in [0.4, 0.5) is 5.69 Å². The Morgan fingerprint density at radius 3 is 2.57 bits per heavy atom. The van der Waals surface area contributed by atoms with E-state index >= 15 is 0 Å². The average molecular weight is 310 g/mol. The number of nitrogens with one attached hydrogen (secondary N) is 1. The topological polar surface area (TPSA) is 52.7 Å². The summed E-state index contributed by atoms with van der Waals surface area (Å²) in [4.78, 5) is 27.3. The van der Waals surface area contributed by atoms with E-state index in [1.54, 1.807) is 4.90 Å². The zero-order valence-corrected chi connectivity index (χ0v) is 12.9. The molecule has 0 spiro atoms. The quantitative estimate of drug-likeness (QED) is 0.853. The summed E-state index contributed by atoms with van der Waals surface area (Å²) in [6, 6.07) is 7.72. The zero-order chi connectivity index (χ0) is 15.2. The molecule has 1 aromatic rings. The Labute approximate surface area is 129 Å². The third-order valence-corrected chi connectivity index (χ3v) is 3.74. The Morgan fingerprint density at radius 2 is 1.95 bits per heavy atom. The van der Waals surface area contributed by atoms with E-state index in [4.69, 9.17) is 11.6 Å². The molecule has 0 aliphatic carbocycles. The fourth-order valence-electron chi connectivity index (χ4n) is 2.37. The van der Waals surface area contributed by atoms with Gasteiger partial charge in [-0.2, -0.15) is 0 Å². The second kappa shape index (κ2) is 7.43. The third-order valence-electron chi connectivity index (χ3n) is 3.51. The molecule has 114 valence electrons. The largest absolute Gasteiger partial charge is 0.339 e. The van der Waals surface area contributed by atoms with Crippen LogP contribution in [0.25, 0.3) is 0 Å². The molecule has 1 aliphatic heterocycles. The first-order valence-electron chi connectivity index (χ1n) is 7.01. The Kier molecular flexibility index (Phi) is 5.59. The molecule has 0 bridgehead atoms. The number of anilines is 1. The standard InChI is InChI=1S/C15H20ClN3O2/c1-12-3-2-4-13(9-12)17-14(20)11-18-5-7-19(8-6-18)15(21)10-16/h2-4,9H,5-8,10-11H2,1H3,(H,17,20). The fourth-order valence-corrected chi connectivity index (χ4v) is 2.54. The number of hydrogen-bond donors (Lipinski definition) is 1. The Hall–Kier alpha value is -1.59. The maximum Gasteiger partial charge on any atom is 0.238 e. The zero-order valence-electron chi connectivity index (χ0n) is 12.1. The first-order valence-corrected chi connectivity index (χ1v) is 7.54. The van der Waals surface area contributed by atoms with Crippen molar-refractivity contribution in [2.75, 3.05) is 43.9 Å². The van der Waals surface area contributed by atoms with E-state index in [9.17, 15) is 9.59 Å². The van der Waals surface area contributed by atoms with E-state index in [1.165, 1.54) is 0 Å². The summed E-state index contributed by atoms with van der Waals surface area (Å²) in [5.74, 6) is -0.0494. The summed E-state index contributed by atoms with van der Waals surface area (Å²) in [5.41, 5.74) is 1.93. The highest BCUT2D eigenvalue weighted by Crippen LogP contribution is 2.10. The second-order valence-corrected chi connectivity index (χ2v) is 5.48. The molecular formula is C15H20ClN3O2. The number of rotatable bonds is 4. The minimum atomic E-state index is -0.0412. The smallest absolute Gasteiger partial charge is 0.238 e. The number of carbonyl (C=O) groups excluding carboxylic acids is 2. The summed E-state index contributed by atoms with van der Waals surface area (Å²) in [6.45, 7) is 4.99. The molecule has 0 radical (unpaired) electrons. The van der Waals surface area contributed by atoms with Gasteiger partial charge in [-0.25, -0.2) is 0 Å². The molecule has 1 aromatic carbocycles. The van der Waals surface area contributed by atoms with Crippen LogP contribution in [0.3, 0.4) is 0 Å². The predicted molar refractivity (Wildman–Crippen MR) is 83.5 cm³/mol. The Morgan fingerprint density at radius 1 is 1.24 bits per heavy atom. The van der Waals surface area contributed by atoms with Gasteiger partial charge < -0.3 is 10.2 Å². The second-order valence-electron chi connectivity index (χ2n) is 5.21. The van der Waals surface area contributed by atoms with Crippen LogP contribution in [-0.2, 0) is 9.59 Å². The number of amides is 2. The Balaban J connectivity index is 1.78. The minimum absolute atomic E-state index is 0.0217. The summed E-state index contributed by atoms with van der Waals surface area (Å²) in [5, 5.41) is 2.89. The first kappa shape index (κ1) is 15.8. The number of benzene rings is 1. The van der Waals surface area contributed by atoms with Crippen LogP contribution in [0.1, 0.15) is 5.56 Å². The summed E-state index contributed by atoms with van der Waals surface area (Å²) in [7, 11) is 0. The predicted octanol–water partition coefficient (Wildman–Crippen LogP) is 1.32. The first-order chi connectivity index (χ1) is 10.1. The van der Waals surface area contributed by atoms with Crippen LogP contribution in [0.5, 0.6) is 0 Å². The van der Waals surface area contributed by atoms with Crippen LogP contribution in [-0.4, -0.2) is 60.2 Å². The molecule has 0 unspecified atom stereocenters. The molecule has 21 heavy (non-hydrogen) atoms. The van der Waals surface area contributed by atoms with Crippen LogP contribution in [0.2, 0.25) is 0 Å². The molecule has 2 rings (SSSR count). The van der Waals surface area contributed by atoms with Crippen molar-refractivity contribution in [3.05, 3.63) is 29.8 Å². The highest BCUT2D eigenvalue weighted by atomic mass is 35.5. The van der Waals surface area contributed by atoms with Gasteiger partial charge in [0.25, 0.3) is 0 Å². The van der Waals surface area contributed by atoms with Crippen LogP contribution in [0.15, 0.2) is 24.3 Å². The van der Waals surface area contributed by atoms with E-state index < -0.39 is 0 Å². The van der Waals surface area contributed by atoms with Gasteiger partial charge in [0.2, 0.25) is 11.8 Å². The van der Waals surface area contributed by atoms with Gasteiger partial charge in [-0.05, 0) is 24.6 Å². The number of nitrogens with zero attached hydrogens (tertiary/aromatic N) is 2. The van der Waals surface area contributed by atoms with Crippen molar-refractivity contribution in [3.63, 3.8) is 0 Å². The highest BCUT2D eigenvalue weighted by molar-refractivity contribution is 6.27. The Bertz CT molecular complexity index is 513. The number of halogens is 1. The van der Waals surface area contributed by atoms with Gasteiger partial charge in [0.1, 0.15) is 5.88 Å². The maximum atomic E-state index is 12.0. The lowest BCUT2D eigenvalue weighted by Gasteiger charge is -2.34. The number of piperazine rings is 1. The lowest BCUT2D eigenvalue weighted by Crippen LogP contribution is -2.50. The van der Waals surface area contributed by atoms with Crippen molar-refractivity contribution < 1.29 is 9.59 Å². The molecule has 5 nitrogen and oxygen atoms in total. The van der Waals surface area contributed by atoms with E-state index in [2.05, 4.69) is 5.32 Å². The number of aryl methyl sites for hydroxylation is 1. The van der Waals surface area contributed by atoms with Gasteiger partial charge in [-0.1, -0.05) is 12.1 Å². The average Bonchev–Trinajstić information content (AvgIpc) is 2.47. The highest BCUT2D eigenvalue weighted by Gasteiger charge is 2.21. The van der Waals surface area contributed by atoms with Crippen molar-refractivity contribution in [1.29, 1.82) is 0 Å². The van der Waals surface area contributed by atoms with Crippen molar-refractivity contribution in [2.45, 2.75) is 6.92 Å². The lowest BCUT2D eigenvalue weighted by molar-refractivity contribution is -0.130.